The molecule has 2 unspecified atom stereocenters. The van der Waals surface area contributed by atoms with E-state index in [0.717, 1.165) is 0 Å². The number of halogens is 2. The van der Waals surface area contributed by atoms with Crippen molar-refractivity contribution in [2.75, 3.05) is 0 Å². The van der Waals surface area contributed by atoms with Gasteiger partial charge in [0.15, 0.2) is 0 Å². The average Bonchev–Trinajstić information content (AvgIpc) is 2.34. The number of rotatable bonds is 6. The van der Waals surface area contributed by atoms with Crippen LogP contribution in [0.3, 0.4) is 0 Å². The fourth-order valence-electron chi connectivity index (χ4n) is 1.75. The molecule has 4 N–H and O–H groups in total. The zero-order valence-electron chi connectivity index (χ0n) is 10.8. The third-order valence-electron chi connectivity index (χ3n) is 2.95. The summed E-state index contributed by atoms with van der Waals surface area (Å²) in [7, 11) is 0. The van der Waals surface area contributed by atoms with Crippen LogP contribution in [0, 0.1) is 5.92 Å². The second-order valence-corrected chi connectivity index (χ2v) is 5.44. The minimum Gasteiger partial charge on any atom is -0.481 e. The van der Waals surface area contributed by atoms with Gasteiger partial charge in [0, 0.05) is 0 Å². The molecule has 0 bridgehead atoms. The molecule has 5 nitrogen and oxygen atoms in total. The van der Waals surface area contributed by atoms with Crippen molar-refractivity contribution in [3.05, 3.63) is 33.3 Å². The summed E-state index contributed by atoms with van der Waals surface area (Å²) in [6.45, 7) is 1.56. The van der Waals surface area contributed by atoms with E-state index in [9.17, 15) is 9.59 Å². The van der Waals surface area contributed by atoms with Crippen molar-refractivity contribution >= 4 is 35.1 Å². The number of benzene rings is 1. The maximum atomic E-state index is 10.9. The molecule has 0 saturated heterocycles. The lowest BCUT2D eigenvalue weighted by Crippen LogP contribution is -2.32. The molecule has 0 radical (unpaired) electrons. The molecule has 1 aromatic rings. The van der Waals surface area contributed by atoms with Crippen LogP contribution in [0.2, 0.25) is 10.0 Å². The largest absolute Gasteiger partial charge is 0.481 e. The number of carbonyl (C=O) groups is 2. The normalized spacial score (nSPS) is 13.8. The Bertz CT molecular complexity index is 486. The minimum atomic E-state index is -1.13. The molecule has 0 aliphatic heterocycles. The quantitative estimate of drug-likeness (QED) is 0.746. The molecule has 2 atom stereocenters. The van der Waals surface area contributed by atoms with Gasteiger partial charge in [-0.15, -0.1) is 0 Å². The van der Waals surface area contributed by atoms with Crippen molar-refractivity contribution in [2.45, 2.75) is 25.8 Å². The van der Waals surface area contributed by atoms with Crippen molar-refractivity contribution in [2.24, 2.45) is 11.7 Å². The van der Waals surface area contributed by atoms with Gasteiger partial charge in [0.25, 0.3) is 0 Å². The molecule has 110 valence electrons. The van der Waals surface area contributed by atoms with Gasteiger partial charge in [-0.05, 0) is 36.1 Å². The van der Waals surface area contributed by atoms with E-state index in [-0.39, 0.29) is 17.9 Å². The zero-order valence-corrected chi connectivity index (χ0v) is 12.3. The highest BCUT2D eigenvalue weighted by atomic mass is 35.5. The maximum absolute atomic E-state index is 10.9. The van der Waals surface area contributed by atoms with Crippen molar-refractivity contribution in [3.63, 3.8) is 0 Å². The van der Waals surface area contributed by atoms with Gasteiger partial charge in [-0.1, -0.05) is 30.1 Å². The first-order valence-corrected chi connectivity index (χ1v) is 6.66. The summed E-state index contributed by atoms with van der Waals surface area (Å²) in [4.78, 5) is 21.7. The van der Waals surface area contributed by atoms with E-state index in [1.165, 1.54) is 6.07 Å². The van der Waals surface area contributed by atoms with E-state index < -0.39 is 23.9 Å². The first-order chi connectivity index (χ1) is 9.22. The fraction of sp³-hybridized carbons (Fsp3) is 0.385. The average molecular weight is 320 g/mol. The number of aliphatic carboxylic acids is 2. The minimum absolute atomic E-state index is 0.0634. The second kappa shape index (κ2) is 6.92. The van der Waals surface area contributed by atoms with Gasteiger partial charge < -0.3 is 15.9 Å². The molecule has 0 aliphatic carbocycles. The molecular formula is C13H15Cl2NO4. The first kappa shape index (κ1) is 16.8. The Kier molecular flexibility index (Phi) is 5.80. The van der Waals surface area contributed by atoms with Crippen LogP contribution in [0.25, 0.3) is 0 Å². The van der Waals surface area contributed by atoms with Crippen LogP contribution in [0.5, 0.6) is 0 Å². The van der Waals surface area contributed by atoms with Gasteiger partial charge in [-0.2, -0.15) is 0 Å². The molecule has 0 saturated carbocycles. The van der Waals surface area contributed by atoms with Crippen LogP contribution < -0.4 is 5.73 Å². The van der Waals surface area contributed by atoms with Crippen molar-refractivity contribution in [1.82, 2.24) is 0 Å². The van der Waals surface area contributed by atoms with E-state index in [1.807, 2.05) is 0 Å². The maximum Gasteiger partial charge on any atom is 0.320 e. The zero-order chi connectivity index (χ0) is 15.4. The van der Waals surface area contributed by atoms with Crippen LogP contribution in [0.1, 0.15) is 18.1 Å². The van der Waals surface area contributed by atoms with Crippen molar-refractivity contribution in [3.8, 4) is 0 Å². The van der Waals surface area contributed by atoms with Gasteiger partial charge in [-0.3, -0.25) is 9.59 Å². The predicted molar refractivity (Wildman–Crippen MR) is 76.3 cm³/mol. The lowest BCUT2D eigenvalue weighted by atomic mass is 9.93. The Morgan fingerprint density at radius 2 is 1.55 bits per heavy atom. The van der Waals surface area contributed by atoms with Gasteiger partial charge in [-0.25, -0.2) is 0 Å². The Morgan fingerprint density at radius 1 is 1.10 bits per heavy atom. The molecule has 0 aromatic heterocycles. The monoisotopic (exact) mass is 319 g/mol. The molecule has 0 heterocycles. The van der Waals surface area contributed by atoms with Crippen molar-refractivity contribution in [1.29, 1.82) is 0 Å². The number of hydrogen-bond donors (Lipinski definition) is 3. The summed E-state index contributed by atoms with van der Waals surface area (Å²) in [6.07, 6.45) is 0.293. The van der Waals surface area contributed by atoms with Gasteiger partial charge in [0.05, 0.1) is 16.0 Å². The Hall–Kier alpha value is -1.30. The molecule has 1 aromatic carbocycles. The topological polar surface area (TPSA) is 101 Å². The first-order valence-electron chi connectivity index (χ1n) is 5.90. The van der Waals surface area contributed by atoms with Gasteiger partial charge in [0.2, 0.25) is 0 Å². The summed E-state index contributed by atoms with van der Waals surface area (Å²) >= 11 is 11.8. The Morgan fingerprint density at radius 3 is 1.95 bits per heavy atom. The predicted octanol–water partition coefficient (Wildman–Crippen LogP) is 2.21. The number of carboxylic acid groups (broad SMARTS) is 2. The van der Waals surface area contributed by atoms with E-state index in [1.54, 1.807) is 13.0 Å². The highest BCUT2D eigenvalue weighted by Crippen LogP contribution is 2.28. The summed E-state index contributed by atoms with van der Waals surface area (Å²) in [5, 5.41) is 18.4. The Labute approximate surface area is 126 Å². The third-order valence-corrected chi connectivity index (χ3v) is 3.67. The lowest BCUT2D eigenvalue weighted by Gasteiger charge is -2.15. The van der Waals surface area contributed by atoms with Gasteiger partial charge in [0.1, 0.15) is 6.04 Å². The third kappa shape index (κ3) is 4.37. The second-order valence-electron chi connectivity index (χ2n) is 4.63. The molecule has 20 heavy (non-hydrogen) atoms. The molecule has 7 heteroatoms. The number of nitrogens with two attached hydrogens (primary N) is 1. The molecular weight excluding hydrogens is 305 g/mol. The van der Waals surface area contributed by atoms with Crippen LogP contribution in [0.15, 0.2) is 12.1 Å². The fourth-order valence-corrected chi connectivity index (χ4v) is 2.12. The molecule has 0 spiro atoms. The summed E-state index contributed by atoms with van der Waals surface area (Å²) in [5.41, 5.74) is 6.75. The van der Waals surface area contributed by atoms with Crippen LogP contribution in [-0.2, 0) is 22.4 Å². The molecule has 1 rings (SSSR count). The van der Waals surface area contributed by atoms with Crippen molar-refractivity contribution < 1.29 is 19.8 Å². The highest BCUT2D eigenvalue weighted by Gasteiger charge is 2.19. The Balaban J connectivity index is 3.10. The summed E-state index contributed by atoms with van der Waals surface area (Å²) in [6, 6.07) is 2.02. The van der Waals surface area contributed by atoms with Crippen LogP contribution >= 0.6 is 23.2 Å². The SMILES string of the molecule is CC(Cc1cc(Cl)c(Cl)cc1CC(N)C(=O)O)C(=O)O. The number of carboxylic acids is 2. The molecule has 0 fully saturated rings. The summed E-state index contributed by atoms with van der Waals surface area (Å²) in [5.74, 6) is -2.69. The highest BCUT2D eigenvalue weighted by molar-refractivity contribution is 6.42. The smallest absolute Gasteiger partial charge is 0.320 e. The van der Waals surface area contributed by atoms with E-state index in [4.69, 9.17) is 39.1 Å². The molecule has 0 aliphatic rings. The number of hydrogen-bond acceptors (Lipinski definition) is 3. The summed E-state index contributed by atoms with van der Waals surface area (Å²) < 4.78 is 0. The van der Waals surface area contributed by atoms with E-state index in [2.05, 4.69) is 0 Å². The lowest BCUT2D eigenvalue weighted by molar-refractivity contribution is -0.141. The van der Waals surface area contributed by atoms with Gasteiger partial charge >= 0.3 is 11.9 Å². The van der Waals surface area contributed by atoms with Crippen LogP contribution in [0.4, 0.5) is 0 Å². The van der Waals surface area contributed by atoms with E-state index >= 15 is 0 Å². The van der Waals surface area contributed by atoms with E-state index in [0.29, 0.717) is 16.1 Å². The molecule has 0 amide bonds. The van der Waals surface area contributed by atoms with Crippen LogP contribution in [-0.4, -0.2) is 28.2 Å². The standard InChI is InChI=1S/C13H15Cl2NO4/c1-6(12(17)18)2-7-3-9(14)10(15)4-8(7)5-11(16)13(19)20/h3-4,6,11H,2,5,16H2,1H3,(H,17,18)(H,19,20).